The third-order valence-corrected chi connectivity index (χ3v) is 1.84. The van der Waals surface area contributed by atoms with Gasteiger partial charge in [0.25, 0.3) is 0 Å². The first-order valence-corrected chi connectivity index (χ1v) is 4.39. The second-order valence-electron chi connectivity index (χ2n) is 2.42. The summed E-state index contributed by atoms with van der Waals surface area (Å²) in [5, 5.41) is 0.312. The van der Waals surface area contributed by atoms with E-state index in [1.807, 2.05) is 13.0 Å². The van der Waals surface area contributed by atoms with Gasteiger partial charge in [0, 0.05) is 0 Å². The average Bonchev–Trinajstić information content (AvgIpc) is 2.20. The molecule has 0 aliphatic rings. The van der Waals surface area contributed by atoms with Gasteiger partial charge in [-0.3, -0.25) is 0 Å². The third-order valence-electron chi connectivity index (χ3n) is 1.55. The van der Waals surface area contributed by atoms with Crippen LogP contribution in [-0.2, 0) is 0 Å². The second kappa shape index (κ2) is 4.81. The molecular weight excluding hydrogens is 204 g/mol. The van der Waals surface area contributed by atoms with Crippen LogP contribution in [0.4, 0.5) is 0 Å². The molecule has 0 saturated carbocycles. The van der Waals surface area contributed by atoms with Crippen molar-refractivity contribution < 1.29 is 9.47 Å². The molecule has 0 unspecified atom stereocenters. The Morgan fingerprint density at radius 2 is 1.93 bits per heavy atom. The van der Waals surface area contributed by atoms with Crippen LogP contribution in [0.5, 0.6) is 11.9 Å². The Bertz CT molecular complexity index is 353. The van der Waals surface area contributed by atoms with Crippen LogP contribution in [-0.4, -0.2) is 24.2 Å². The number of methoxy groups -OCH3 is 2. The zero-order valence-electron chi connectivity index (χ0n) is 8.24. The number of nitrogens with zero attached hydrogens (tertiary/aromatic N) is 2. The first-order valence-electron chi connectivity index (χ1n) is 4.01. The number of hydrogen-bond donors (Lipinski definition) is 0. The molecule has 0 N–H and O–H groups in total. The number of ether oxygens (including phenoxy) is 2. The Morgan fingerprint density at radius 3 is 2.43 bits per heavy atom. The minimum Gasteiger partial charge on any atom is -0.480 e. The highest BCUT2D eigenvalue weighted by Gasteiger charge is 2.11. The molecule has 0 amide bonds. The van der Waals surface area contributed by atoms with E-state index in [1.54, 1.807) is 6.08 Å². The fourth-order valence-electron chi connectivity index (χ4n) is 0.958. The maximum absolute atomic E-state index is 5.91. The van der Waals surface area contributed by atoms with Gasteiger partial charge in [0.2, 0.25) is 5.88 Å². The number of hydrogen-bond acceptors (Lipinski definition) is 4. The van der Waals surface area contributed by atoms with Crippen LogP contribution >= 0.6 is 11.6 Å². The van der Waals surface area contributed by atoms with Crippen LogP contribution < -0.4 is 9.47 Å². The molecular formula is C9H11ClN2O2. The molecule has 0 atom stereocenters. The van der Waals surface area contributed by atoms with Crippen molar-refractivity contribution in [2.24, 2.45) is 0 Å². The van der Waals surface area contributed by atoms with E-state index < -0.39 is 0 Å². The quantitative estimate of drug-likeness (QED) is 0.724. The molecule has 76 valence electrons. The lowest BCUT2D eigenvalue weighted by Gasteiger charge is -2.06. The summed E-state index contributed by atoms with van der Waals surface area (Å²) in [6.45, 7) is 1.88. The van der Waals surface area contributed by atoms with E-state index in [0.717, 1.165) is 0 Å². The SMILES string of the molecule is C/C=C\c1c(Cl)nc(OC)nc1OC. The van der Waals surface area contributed by atoms with Gasteiger partial charge in [0.1, 0.15) is 5.15 Å². The molecule has 4 nitrogen and oxygen atoms in total. The van der Waals surface area contributed by atoms with Gasteiger partial charge in [0.15, 0.2) is 0 Å². The van der Waals surface area contributed by atoms with Crippen molar-refractivity contribution in [3.05, 3.63) is 16.8 Å². The molecule has 1 heterocycles. The van der Waals surface area contributed by atoms with E-state index in [0.29, 0.717) is 16.6 Å². The van der Waals surface area contributed by atoms with E-state index in [4.69, 9.17) is 21.1 Å². The molecule has 0 aliphatic carbocycles. The molecule has 0 bridgehead atoms. The Kier molecular flexibility index (Phi) is 3.71. The predicted octanol–water partition coefficient (Wildman–Crippen LogP) is 2.18. The topological polar surface area (TPSA) is 44.2 Å². The highest BCUT2D eigenvalue weighted by molar-refractivity contribution is 6.31. The minimum atomic E-state index is 0.195. The summed E-state index contributed by atoms with van der Waals surface area (Å²) in [5.41, 5.74) is 0.650. The zero-order valence-corrected chi connectivity index (χ0v) is 9.00. The first kappa shape index (κ1) is 10.8. The molecule has 0 aromatic carbocycles. The van der Waals surface area contributed by atoms with Gasteiger partial charge in [0.05, 0.1) is 19.8 Å². The fraction of sp³-hybridized carbons (Fsp3) is 0.333. The number of allylic oxidation sites excluding steroid dienone is 1. The lowest BCUT2D eigenvalue weighted by Crippen LogP contribution is -1.98. The summed E-state index contributed by atoms with van der Waals surface area (Å²) in [4.78, 5) is 7.92. The standard InChI is InChI=1S/C9H11ClN2O2/c1-4-5-6-7(10)11-9(14-3)12-8(6)13-2/h4-5H,1-3H3/b5-4-. The molecule has 0 saturated heterocycles. The summed E-state index contributed by atoms with van der Waals surface area (Å²) in [6.07, 6.45) is 3.61. The molecule has 14 heavy (non-hydrogen) atoms. The fourth-order valence-corrected chi connectivity index (χ4v) is 1.17. The average molecular weight is 215 g/mol. The molecule has 1 aromatic heterocycles. The summed E-state index contributed by atoms with van der Waals surface area (Å²) in [7, 11) is 2.99. The smallest absolute Gasteiger partial charge is 0.320 e. The minimum absolute atomic E-state index is 0.195. The van der Waals surface area contributed by atoms with Gasteiger partial charge < -0.3 is 9.47 Å². The normalized spacial score (nSPS) is 10.6. The van der Waals surface area contributed by atoms with Crippen LogP contribution in [0.2, 0.25) is 5.15 Å². The molecule has 0 aliphatic heterocycles. The van der Waals surface area contributed by atoms with Gasteiger partial charge in [-0.2, -0.15) is 9.97 Å². The molecule has 5 heteroatoms. The van der Waals surface area contributed by atoms with Crippen molar-refractivity contribution in [3.8, 4) is 11.9 Å². The Hall–Kier alpha value is -1.29. The van der Waals surface area contributed by atoms with E-state index in [9.17, 15) is 0 Å². The van der Waals surface area contributed by atoms with Crippen molar-refractivity contribution in [1.29, 1.82) is 0 Å². The maximum Gasteiger partial charge on any atom is 0.320 e. The molecule has 1 rings (SSSR count). The van der Waals surface area contributed by atoms with Gasteiger partial charge in [-0.05, 0) is 6.92 Å². The number of rotatable bonds is 3. The predicted molar refractivity (Wildman–Crippen MR) is 54.9 cm³/mol. The lowest BCUT2D eigenvalue weighted by molar-refractivity contribution is 0.351. The van der Waals surface area contributed by atoms with Crippen LogP contribution in [0, 0.1) is 0 Å². The van der Waals surface area contributed by atoms with Crippen molar-refractivity contribution in [2.75, 3.05) is 14.2 Å². The zero-order chi connectivity index (χ0) is 10.6. The van der Waals surface area contributed by atoms with E-state index in [-0.39, 0.29) is 6.01 Å². The van der Waals surface area contributed by atoms with Crippen molar-refractivity contribution in [3.63, 3.8) is 0 Å². The maximum atomic E-state index is 5.91. The first-order chi connectivity index (χ1) is 6.72. The largest absolute Gasteiger partial charge is 0.480 e. The molecule has 1 aromatic rings. The monoisotopic (exact) mass is 214 g/mol. The van der Waals surface area contributed by atoms with E-state index >= 15 is 0 Å². The second-order valence-corrected chi connectivity index (χ2v) is 2.78. The van der Waals surface area contributed by atoms with Crippen molar-refractivity contribution >= 4 is 17.7 Å². The Morgan fingerprint density at radius 1 is 1.21 bits per heavy atom. The summed E-state index contributed by atoms with van der Waals surface area (Å²) < 4.78 is 9.91. The molecule has 0 spiro atoms. The summed E-state index contributed by atoms with van der Waals surface area (Å²) >= 11 is 5.91. The Balaban J connectivity index is 3.27. The van der Waals surface area contributed by atoms with Crippen LogP contribution in [0.3, 0.4) is 0 Å². The highest BCUT2D eigenvalue weighted by atomic mass is 35.5. The summed E-state index contributed by atoms with van der Waals surface area (Å²) in [5.74, 6) is 0.403. The molecule has 0 fully saturated rings. The summed E-state index contributed by atoms with van der Waals surface area (Å²) in [6, 6.07) is 0.195. The Labute approximate surface area is 87.5 Å². The van der Waals surface area contributed by atoms with Gasteiger partial charge in [-0.1, -0.05) is 23.8 Å². The van der Waals surface area contributed by atoms with E-state index in [2.05, 4.69) is 9.97 Å². The van der Waals surface area contributed by atoms with Gasteiger partial charge in [-0.25, -0.2) is 0 Å². The van der Waals surface area contributed by atoms with Crippen LogP contribution in [0.1, 0.15) is 12.5 Å². The number of halogens is 1. The van der Waals surface area contributed by atoms with Crippen molar-refractivity contribution in [2.45, 2.75) is 6.92 Å². The van der Waals surface area contributed by atoms with Gasteiger partial charge >= 0.3 is 6.01 Å². The third kappa shape index (κ3) is 2.14. The molecule has 0 radical (unpaired) electrons. The van der Waals surface area contributed by atoms with Crippen LogP contribution in [0.25, 0.3) is 6.08 Å². The van der Waals surface area contributed by atoms with E-state index in [1.165, 1.54) is 14.2 Å². The lowest BCUT2D eigenvalue weighted by atomic mass is 10.3. The van der Waals surface area contributed by atoms with Crippen LogP contribution in [0.15, 0.2) is 6.08 Å². The van der Waals surface area contributed by atoms with Crippen molar-refractivity contribution in [1.82, 2.24) is 9.97 Å². The van der Waals surface area contributed by atoms with Gasteiger partial charge in [-0.15, -0.1) is 0 Å². The number of aromatic nitrogens is 2. The highest BCUT2D eigenvalue weighted by Crippen LogP contribution is 2.26.